The number of rotatable bonds is 2. The Labute approximate surface area is 119 Å². The SMILES string of the molecule is Cc1ccc(C)c2nc(N3CCCCC3)c(C=O)cc12. The molecule has 1 aliphatic rings. The van der Waals surface area contributed by atoms with Gasteiger partial charge in [0, 0.05) is 18.5 Å². The first-order valence-corrected chi connectivity index (χ1v) is 7.32. The molecule has 1 aromatic heterocycles. The second-order valence-electron chi connectivity index (χ2n) is 5.66. The lowest BCUT2D eigenvalue weighted by atomic mass is 10.0. The van der Waals surface area contributed by atoms with Gasteiger partial charge in [-0.15, -0.1) is 0 Å². The van der Waals surface area contributed by atoms with Gasteiger partial charge in [-0.2, -0.15) is 0 Å². The van der Waals surface area contributed by atoms with Crippen molar-refractivity contribution in [2.24, 2.45) is 0 Å². The van der Waals surface area contributed by atoms with Crippen molar-refractivity contribution in [1.29, 1.82) is 0 Å². The molecule has 2 heterocycles. The summed E-state index contributed by atoms with van der Waals surface area (Å²) in [7, 11) is 0. The molecule has 104 valence electrons. The second-order valence-corrected chi connectivity index (χ2v) is 5.66. The van der Waals surface area contributed by atoms with Crippen LogP contribution in [0.3, 0.4) is 0 Å². The van der Waals surface area contributed by atoms with E-state index < -0.39 is 0 Å². The van der Waals surface area contributed by atoms with Gasteiger partial charge < -0.3 is 4.90 Å². The Bertz CT molecular complexity index is 658. The van der Waals surface area contributed by atoms with Crippen molar-refractivity contribution < 1.29 is 4.79 Å². The normalized spacial score (nSPS) is 15.6. The maximum absolute atomic E-state index is 11.4. The highest BCUT2D eigenvalue weighted by molar-refractivity contribution is 5.94. The summed E-state index contributed by atoms with van der Waals surface area (Å²) < 4.78 is 0. The van der Waals surface area contributed by atoms with Crippen molar-refractivity contribution in [3.05, 3.63) is 34.9 Å². The second kappa shape index (κ2) is 5.23. The number of anilines is 1. The summed E-state index contributed by atoms with van der Waals surface area (Å²) in [4.78, 5) is 18.5. The first-order valence-electron chi connectivity index (χ1n) is 7.32. The first-order chi connectivity index (χ1) is 9.70. The number of aromatic nitrogens is 1. The third-order valence-electron chi connectivity index (χ3n) is 4.20. The van der Waals surface area contributed by atoms with Crippen molar-refractivity contribution in [2.45, 2.75) is 33.1 Å². The molecule has 3 heteroatoms. The number of pyridine rings is 1. The van der Waals surface area contributed by atoms with E-state index in [-0.39, 0.29) is 0 Å². The van der Waals surface area contributed by atoms with E-state index in [0.29, 0.717) is 5.56 Å². The van der Waals surface area contributed by atoms with Crippen LogP contribution in [0, 0.1) is 13.8 Å². The van der Waals surface area contributed by atoms with Crippen LogP contribution in [-0.2, 0) is 0 Å². The zero-order chi connectivity index (χ0) is 14.1. The Kier molecular flexibility index (Phi) is 3.43. The third-order valence-corrected chi connectivity index (χ3v) is 4.20. The smallest absolute Gasteiger partial charge is 0.153 e. The number of carbonyl (C=O) groups is 1. The van der Waals surface area contributed by atoms with E-state index in [0.717, 1.165) is 36.1 Å². The van der Waals surface area contributed by atoms with Crippen LogP contribution in [0.25, 0.3) is 10.9 Å². The molecule has 0 atom stereocenters. The predicted molar refractivity (Wildman–Crippen MR) is 82.7 cm³/mol. The Morgan fingerprint density at radius 1 is 1.10 bits per heavy atom. The quantitative estimate of drug-likeness (QED) is 0.779. The average Bonchev–Trinajstić information content (AvgIpc) is 2.51. The Hall–Kier alpha value is -1.90. The van der Waals surface area contributed by atoms with Crippen molar-refractivity contribution >= 4 is 23.0 Å². The summed E-state index contributed by atoms with van der Waals surface area (Å²) in [6.45, 7) is 6.16. The van der Waals surface area contributed by atoms with Crippen LogP contribution in [0.2, 0.25) is 0 Å². The summed E-state index contributed by atoms with van der Waals surface area (Å²) in [5, 5.41) is 1.09. The minimum absolute atomic E-state index is 0.716. The van der Waals surface area contributed by atoms with Gasteiger partial charge >= 0.3 is 0 Å². The molecule has 20 heavy (non-hydrogen) atoms. The molecule has 0 radical (unpaired) electrons. The number of aryl methyl sites for hydroxylation is 2. The van der Waals surface area contributed by atoms with Crippen molar-refractivity contribution in [3.63, 3.8) is 0 Å². The highest BCUT2D eigenvalue weighted by Crippen LogP contribution is 2.28. The molecular formula is C17H20N2O. The number of hydrogen-bond acceptors (Lipinski definition) is 3. The van der Waals surface area contributed by atoms with Crippen LogP contribution in [0.4, 0.5) is 5.82 Å². The Morgan fingerprint density at radius 3 is 2.50 bits per heavy atom. The molecule has 0 N–H and O–H groups in total. The van der Waals surface area contributed by atoms with Crippen LogP contribution in [0.1, 0.15) is 40.7 Å². The van der Waals surface area contributed by atoms with Gasteiger partial charge in [-0.25, -0.2) is 4.98 Å². The van der Waals surface area contributed by atoms with Crippen LogP contribution >= 0.6 is 0 Å². The van der Waals surface area contributed by atoms with Crippen molar-refractivity contribution in [2.75, 3.05) is 18.0 Å². The van der Waals surface area contributed by atoms with Gasteiger partial charge in [0.05, 0.1) is 11.1 Å². The average molecular weight is 268 g/mol. The predicted octanol–water partition coefficient (Wildman–Crippen LogP) is 3.65. The molecule has 1 aromatic carbocycles. The lowest BCUT2D eigenvalue weighted by Gasteiger charge is -2.29. The molecule has 0 bridgehead atoms. The van der Waals surface area contributed by atoms with E-state index in [1.807, 2.05) is 6.07 Å². The number of fused-ring (bicyclic) bond motifs is 1. The largest absolute Gasteiger partial charge is 0.356 e. The van der Waals surface area contributed by atoms with Gasteiger partial charge in [-0.1, -0.05) is 12.1 Å². The molecule has 3 rings (SSSR count). The molecule has 0 aliphatic carbocycles. The summed E-state index contributed by atoms with van der Waals surface area (Å²) in [5.74, 6) is 0.862. The first kappa shape index (κ1) is 13.1. The summed E-state index contributed by atoms with van der Waals surface area (Å²) in [6, 6.07) is 6.20. The van der Waals surface area contributed by atoms with Crippen LogP contribution < -0.4 is 4.90 Å². The highest BCUT2D eigenvalue weighted by atomic mass is 16.1. The minimum atomic E-state index is 0.716. The molecule has 0 spiro atoms. The van der Waals surface area contributed by atoms with Crippen LogP contribution in [-0.4, -0.2) is 24.4 Å². The van der Waals surface area contributed by atoms with Gasteiger partial charge in [0.1, 0.15) is 5.82 Å². The molecule has 3 nitrogen and oxygen atoms in total. The Morgan fingerprint density at radius 2 is 1.80 bits per heavy atom. The third kappa shape index (κ3) is 2.17. The molecule has 2 aromatic rings. The summed E-state index contributed by atoms with van der Waals surface area (Å²) in [5.41, 5.74) is 4.08. The van der Waals surface area contributed by atoms with E-state index in [2.05, 4.69) is 30.9 Å². The number of piperidine rings is 1. The highest BCUT2D eigenvalue weighted by Gasteiger charge is 2.17. The number of hydrogen-bond donors (Lipinski definition) is 0. The fourth-order valence-electron chi connectivity index (χ4n) is 2.98. The number of benzene rings is 1. The molecular weight excluding hydrogens is 248 g/mol. The number of nitrogens with zero attached hydrogens (tertiary/aromatic N) is 2. The van der Waals surface area contributed by atoms with Gasteiger partial charge in [0.15, 0.2) is 6.29 Å². The van der Waals surface area contributed by atoms with E-state index in [1.165, 1.54) is 30.4 Å². The zero-order valence-corrected chi connectivity index (χ0v) is 12.1. The minimum Gasteiger partial charge on any atom is -0.356 e. The zero-order valence-electron chi connectivity index (χ0n) is 12.1. The van der Waals surface area contributed by atoms with Gasteiger partial charge in [0.2, 0.25) is 0 Å². The standard InChI is InChI=1S/C17H20N2O/c1-12-6-7-13(2)16-15(12)10-14(11-20)17(18-16)19-8-4-3-5-9-19/h6-7,10-11H,3-5,8-9H2,1-2H3. The van der Waals surface area contributed by atoms with Crippen LogP contribution in [0.15, 0.2) is 18.2 Å². The van der Waals surface area contributed by atoms with Crippen molar-refractivity contribution in [1.82, 2.24) is 4.98 Å². The molecule has 0 amide bonds. The van der Waals surface area contributed by atoms with Crippen LogP contribution in [0.5, 0.6) is 0 Å². The molecule has 1 saturated heterocycles. The molecule has 1 fully saturated rings. The fraction of sp³-hybridized carbons (Fsp3) is 0.412. The molecule has 1 aliphatic heterocycles. The Balaban J connectivity index is 2.20. The van der Waals surface area contributed by atoms with E-state index in [1.54, 1.807) is 0 Å². The van der Waals surface area contributed by atoms with E-state index in [4.69, 9.17) is 4.98 Å². The maximum Gasteiger partial charge on any atom is 0.153 e. The van der Waals surface area contributed by atoms with Gasteiger partial charge in [-0.05, 0) is 50.3 Å². The molecule has 0 unspecified atom stereocenters. The van der Waals surface area contributed by atoms with E-state index >= 15 is 0 Å². The fourth-order valence-corrected chi connectivity index (χ4v) is 2.98. The maximum atomic E-state index is 11.4. The monoisotopic (exact) mass is 268 g/mol. The molecule has 0 saturated carbocycles. The lowest BCUT2D eigenvalue weighted by Crippen LogP contribution is -2.31. The topological polar surface area (TPSA) is 33.2 Å². The van der Waals surface area contributed by atoms with E-state index in [9.17, 15) is 4.79 Å². The number of aldehydes is 1. The summed E-state index contributed by atoms with van der Waals surface area (Å²) >= 11 is 0. The number of carbonyl (C=O) groups excluding carboxylic acids is 1. The van der Waals surface area contributed by atoms with Crippen molar-refractivity contribution in [3.8, 4) is 0 Å². The summed E-state index contributed by atoms with van der Waals surface area (Å²) in [6.07, 6.45) is 4.59. The van der Waals surface area contributed by atoms with Gasteiger partial charge in [0.25, 0.3) is 0 Å². The lowest BCUT2D eigenvalue weighted by molar-refractivity contribution is 0.112. The van der Waals surface area contributed by atoms with Gasteiger partial charge in [-0.3, -0.25) is 4.79 Å².